The van der Waals surface area contributed by atoms with Gasteiger partial charge in [0.1, 0.15) is 0 Å². The molecule has 0 saturated carbocycles. The number of nitrogens with zero attached hydrogens (tertiary/aromatic N) is 4. The van der Waals surface area contributed by atoms with Gasteiger partial charge in [-0.05, 0) is 26.1 Å². The fourth-order valence-electron chi connectivity index (χ4n) is 1.19. The quantitative estimate of drug-likeness (QED) is 0.709. The van der Waals surface area contributed by atoms with Crippen LogP contribution in [-0.2, 0) is 6.54 Å². The van der Waals surface area contributed by atoms with Gasteiger partial charge in [-0.15, -0.1) is 10.2 Å². The summed E-state index contributed by atoms with van der Waals surface area (Å²) in [5.41, 5.74) is 1.75. The van der Waals surface area contributed by atoms with E-state index in [-0.39, 0.29) is 0 Å². The molecule has 0 radical (unpaired) electrons. The molecule has 68 valence electrons. The van der Waals surface area contributed by atoms with Gasteiger partial charge in [0.2, 0.25) is 0 Å². The van der Waals surface area contributed by atoms with Crippen molar-refractivity contribution in [3.05, 3.63) is 23.7 Å². The van der Waals surface area contributed by atoms with Gasteiger partial charge in [-0.1, -0.05) is 0 Å². The first-order valence-electron chi connectivity index (χ1n) is 4.14. The summed E-state index contributed by atoms with van der Waals surface area (Å²) < 4.78 is 1.76. The molecular weight excluding hydrogens is 166 g/mol. The van der Waals surface area contributed by atoms with Crippen LogP contribution in [0.15, 0.2) is 12.1 Å². The van der Waals surface area contributed by atoms with E-state index in [2.05, 4.69) is 20.6 Å². The van der Waals surface area contributed by atoms with Crippen molar-refractivity contribution in [1.82, 2.24) is 25.1 Å². The van der Waals surface area contributed by atoms with E-state index in [1.807, 2.05) is 26.1 Å². The SMILES string of the molecule is CNCc1nnc2ccc(C)nn12. The number of aromatic nitrogens is 4. The molecule has 0 aliphatic heterocycles. The van der Waals surface area contributed by atoms with E-state index < -0.39 is 0 Å². The Hall–Kier alpha value is -1.49. The average Bonchev–Trinajstić information content (AvgIpc) is 2.49. The Morgan fingerprint density at radius 3 is 3.00 bits per heavy atom. The molecule has 0 aliphatic carbocycles. The van der Waals surface area contributed by atoms with Crippen LogP contribution in [0.5, 0.6) is 0 Å². The number of fused-ring (bicyclic) bond motifs is 1. The molecule has 2 aromatic heterocycles. The van der Waals surface area contributed by atoms with E-state index in [4.69, 9.17) is 0 Å². The van der Waals surface area contributed by atoms with E-state index in [1.54, 1.807) is 4.52 Å². The van der Waals surface area contributed by atoms with E-state index in [0.717, 1.165) is 17.2 Å². The number of nitrogens with one attached hydrogen (secondary N) is 1. The summed E-state index contributed by atoms with van der Waals surface area (Å²) in [5.74, 6) is 0.834. The van der Waals surface area contributed by atoms with Crippen LogP contribution in [0.1, 0.15) is 11.5 Å². The van der Waals surface area contributed by atoms with Gasteiger partial charge in [0.05, 0.1) is 12.2 Å². The van der Waals surface area contributed by atoms with Crippen molar-refractivity contribution in [3.63, 3.8) is 0 Å². The molecule has 0 amide bonds. The molecule has 1 N–H and O–H groups in total. The predicted molar refractivity (Wildman–Crippen MR) is 48.3 cm³/mol. The molecule has 0 atom stereocenters. The summed E-state index contributed by atoms with van der Waals surface area (Å²) in [5, 5.41) is 15.3. The molecule has 0 aromatic carbocycles. The Morgan fingerprint density at radius 2 is 2.23 bits per heavy atom. The highest BCUT2D eigenvalue weighted by Crippen LogP contribution is 2.01. The van der Waals surface area contributed by atoms with E-state index in [9.17, 15) is 0 Å². The highest BCUT2D eigenvalue weighted by Gasteiger charge is 2.04. The van der Waals surface area contributed by atoms with Crippen LogP contribution < -0.4 is 5.32 Å². The van der Waals surface area contributed by atoms with Crippen molar-refractivity contribution < 1.29 is 0 Å². The van der Waals surface area contributed by atoms with Crippen LogP contribution in [-0.4, -0.2) is 26.9 Å². The molecule has 5 heteroatoms. The first-order valence-corrected chi connectivity index (χ1v) is 4.14. The first kappa shape index (κ1) is 8.12. The molecular formula is C8H11N5. The second-order valence-corrected chi connectivity index (χ2v) is 2.89. The first-order chi connectivity index (χ1) is 6.31. The maximum Gasteiger partial charge on any atom is 0.177 e. The summed E-state index contributed by atoms with van der Waals surface area (Å²) >= 11 is 0. The molecule has 0 spiro atoms. The Kier molecular flexibility index (Phi) is 1.94. The van der Waals surface area contributed by atoms with Crippen molar-refractivity contribution in [3.8, 4) is 0 Å². The van der Waals surface area contributed by atoms with Crippen LogP contribution in [0.2, 0.25) is 0 Å². The average molecular weight is 177 g/mol. The topological polar surface area (TPSA) is 55.1 Å². The fourth-order valence-corrected chi connectivity index (χ4v) is 1.19. The molecule has 13 heavy (non-hydrogen) atoms. The van der Waals surface area contributed by atoms with E-state index in [1.165, 1.54) is 0 Å². The summed E-state index contributed by atoms with van der Waals surface area (Å²) in [7, 11) is 1.87. The third-order valence-electron chi connectivity index (χ3n) is 1.80. The maximum atomic E-state index is 4.31. The number of hydrogen-bond acceptors (Lipinski definition) is 4. The van der Waals surface area contributed by atoms with Gasteiger partial charge in [0, 0.05) is 0 Å². The van der Waals surface area contributed by atoms with Crippen LogP contribution in [0.25, 0.3) is 5.65 Å². The minimum atomic E-state index is 0.678. The lowest BCUT2D eigenvalue weighted by atomic mass is 10.4. The second-order valence-electron chi connectivity index (χ2n) is 2.89. The molecule has 0 unspecified atom stereocenters. The predicted octanol–water partition coefficient (Wildman–Crippen LogP) is 0.152. The number of hydrogen-bond donors (Lipinski definition) is 1. The van der Waals surface area contributed by atoms with E-state index in [0.29, 0.717) is 6.54 Å². The standard InChI is InChI=1S/C8H11N5/c1-6-3-4-7-10-11-8(5-9-2)13(7)12-6/h3-4,9H,5H2,1-2H3. The van der Waals surface area contributed by atoms with Gasteiger partial charge in [-0.2, -0.15) is 9.61 Å². The highest BCUT2D eigenvalue weighted by atomic mass is 15.4. The summed E-state index contributed by atoms with van der Waals surface area (Å²) in [6, 6.07) is 3.83. The summed E-state index contributed by atoms with van der Waals surface area (Å²) in [4.78, 5) is 0. The number of aryl methyl sites for hydroxylation is 1. The zero-order chi connectivity index (χ0) is 9.26. The Morgan fingerprint density at radius 1 is 1.38 bits per heavy atom. The molecule has 2 heterocycles. The molecule has 0 fully saturated rings. The van der Waals surface area contributed by atoms with Crippen LogP contribution >= 0.6 is 0 Å². The smallest absolute Gasteiger partial charge is 0.177 e. The Balaban J connectivity index is 2.58. The molecule has 2 rings (SSSR count). The van der Waals surface area contributed by atoms with Crippen LogP contribution in [0, 0.1) is 6.92 Å². The summed E-state index contributed by atoms with van der Waals surface area (Å²) in [6.45, 7) is 2.63. The van der Waals surface area contributed by atoms with Gasteiger partial charge < -0.3 is 5.32 Å². The van der Waals surface area contributed by atoms with Gasteiger partial charge in [-0.3, -0.25) is 0 Å². The number of rotatable bonds is 2. The summed E-state index contributed by atoms with van der Waals surface area (Å²) in [6.07, 6.45) is 0. The lowest BCUT2D eigenvalue weighted by Gasteiger charge is -1.97. The monoisotopic (exact) mass is 177 g/mol. The lowest BCUT2D eigenvalue weighted by molar-refractivity contribution is 0.713. The zero-order valence-electron chi connectivity index (χ0n) is 7.65. The minimum absolute atomic E-state index is 0.678. The third-order valence-corrected chi connectivity index (χ3v) is 1.80. The Bertz CT molecular complexity index is 419. The van der Waals surface area contributed by atoms with Crippen LogP contribution in [0.3, 0.4) is 0 Å². The van der Waals surface area contributed by atoms with Crippen LogP contribution in [0.4, 0.5) is 0 Å². The third kappa shape index (κ3) is 1.38. The minimum Gasteiger partial charge on any atom is -0.313 e. The van der Waals surface area contributed by atoms with Crippen molar-refractivity contribution >= 4 is 5.65 Å². The molecule has 0 saturated heterocycles. The van der Waals surface area contributed by atoms with Crippen molar-refractivity contribution in [1.29, 1.82) is 0 Å². The van der Waals surface area contributed by atoms with Crippen molar-refractivity contribution in [2.24, 2.45) is 0 Å². The van der Waals surface area contributed by atoms with E-state index >= 15 is 0 Å². The molecule has 0 bridgehead atoms. The highest BCUT2D eigenvalue weighted by molar-refractivity contribution is 5.35. The van der Waals surface area contributed by atoms with Gasteiger partial charge in [0.15, 0.2) is 11.5 Å². The zero-order valence-corrected chi connectivity index (χ0v) is 7.65. The molecule has 0 aliphatic rings. The molecule has 5 nitrogen and oxygen atoms in total. The van der Waals surface area contributed by atoms with Gasteiger partial charge in [-0.25, -0.2) is 0 Å². The normalized spacial score (nSPS) is 10.9. The maximum absolute atomic E-state index is 4.31. The second kappa shape index (κ2) is 3.10. The molecule has 2 aromatic rings. The Labute approximate surface area is 75.8 Å². The van der Waals surface area contributed by atoms with Crippen molar-refractivity contribution in [2.75, 3.05) is 7.05 Å². The van der Waals surface area contributed by atoms with Gasteiger partial charge >= 0.3 is 0 Å². The largest absolute Gasteiger partial charge is 0.313 e. The van der Waals surface area contributed by atoms with Crippen molar-refractivity contribution in [2.45, 2.75) is 13.5 Å². The lowest BCUT2D eigenvalue weighted by Crippen LogP contribution is -2.10. The van der Waals surface area contributed by atoms with Gasteiger partial charge in [0.25, 0.3) is 0 Å². The fraction of sp³-hybridized carbons (Fsp3) is 0.375.